The third-order valence-corrected chi connectivity index (χ3v) is 3.33. The SMILES string of the molecule is Cc1cc(Cl)nc(CN2Cc3ccccc3C2)n1. The molecule has 3 rings (SSSR count). The van der Waals surface area contributed by atoms with E-state index in [2.05, 4.69) is 39.1 Å². The second-order valence-electron chi connectivity index (χ2n) is 4.66. The molecule has 2 aromatic rings. The fraction of sp³-hybridized carbons (Fsp3) is 0.286. The van der Waals surface area contributed by atoms with E-state index in [0.717, 1.165) is 31.2 Å². The van der Waals surface area contributed by atoms with Gasteiger partial charge in [0.15, 0.2) is 0 Å². The molecule has 92 valence electrons. The third-order valence-electron chi connectivity index (χ3n) is 3.14. The topological polar surface area (TPSA) is 29.0 Å². The van der Waals surface area contributed by atoms with Crippen molar-refractivity contribution >= 4 is 11.6 Å². The summed E-state index contributed by atoms with van der Waals surface area (Å²) in [5, 5.41) is 0.522. The molecule has 1 aliphatic rings. The van der Waals surface area contributed by atoms with E-state index in [4.69, 9.17) is 11.6 Å². The number of halogens is 1. The van der Waals surface area contributed by atoms with Gasteiger partial charge >= 0.3 is 0 Å². The highest BCUT2D eigenvalue weighted by Gasteiger charge is 2.19. The first-order valence-corrected chi connectivity index (χ1v) is 6.38. The zero-order valence-electron chi connectivity index (χ0n) is 10.2. The number of aryl methyl sites for hydroxylation is 1. The molecule has 0 atom stereocenters. The molecular weight excluding hydrogens is 246 g/mol. The Morgan fingerprint density at radius 2 is 1.83 bits per heavy atom. The van der Waals surface area contributed by atoms with Gasteiger partial charge in [-0.2, -0.15) is 0 Å². The molecule has 0 fully saturated rings. The Labute approximate surface area is 111 Å². The van der Waals surface area contributed by atoms with Crippen LogP contribution in [0.5, 0.6) is 0 Å². The number of aromatic nitrogens is 2. The van der Waals surface area contributed by atoms with Gasteiger partial charge in [0.2, 0.25) is 0 Å². The number of fused-ring (bicyclic) bond motifs is 1. The maximum Gasteiger partial charge on any atom is 0.144 e. The van der Waals surface area contributed by atoms with Gasteiger partial charge in [-0.1, -0.05) is 35.9 Å². The summed E-state index contributed by atoms with van der Waals surface area (Å²) in [4.78, 5) is 11.0. The van der Waals surface area contributed by atoms with Gasteiger partial charge in [0.1, 0.15) is 11.0 Å². The summed E-state index contributed by atoms with van der Waals surface area (Å²) in [6.07, 6.45) is 0. The first-order valence-electron chi connectivity index (χ1n) is 6.00. The fourth-order valence-corrected chi connectivity index (χ4v) is 2.63. The summed E-state index contributed by atoms with van der Waals surface area (Å²) >= 11 is 5.96. The Morgan fingerprint density at radius 3 is 2.44 bits per heavy atom. The lowest BCUT2D eigenvalue weighted by Gasteiger charge is -2.13. The van der Waals surface area contributed by atoms with Gasteiger partial charge in [0.05, 0.1) is 6.54 Å². The van der Waals surface area contributed by atoms with Gasteiger partial charge in [-0.15, -0.1) is 0 Å². The Kier molecular flexibility index (Phi) is 3.02. The van der Waals surface area contributed by atoms with Gasteiger partial charge in [0.25, 0.3) is 0 Å². The lowest BCUT2D eigenvalue weighted by molar-refractivity contribution is 0.268. The zero-order chi connectivity index (χ0) is 12.5. The molecule has 0 saturated heterocycles. The normalized spacial score (nSPS) is 14.8. The van der Waals surface area contributed by atoms with Crippen LogP contribution in [0.15, 0.2) is 30.3 Å². The minimum atomic E-state index is 0.522. The zero-order valence-corrected chi connectivity index (χ0v) is 11.0. The molecule has 1 aliphatic heterocycles. The van der Waals surface area contributed by atoms with Crippen molar-refractivity contribution in [2.24, 2.45) is 0 Å². The minimum Gasteiger partial charge on any atom is -0.287 e. The lowest BCUT2D eigenvalue weighted by Crippen LogP contribution is -2.17. The largest absolute Gasteiger partial charge is 0.287 e. The van der Waals surface area contributed by atoms with Crippen LogP contribution in [-0.4, -0.2) is 14.9 Å². The Bertz CT molecular complexity index is 538. The molecule has 0 N–H and O–H groups in total. The summed E-state index contributed by atoms with van der Waals surface area (Å²) in [5.74, 6) is 0.799. The van der Waals surface area contributed by atoms with Crippen LogP contribution >= 0.6 is 11.6 Å². The van der Waals surface area contributed by atoms with Crippen LogP contribution in [0, 0.1) is 6.92 Å². The Morgan fingerprint density at radius 1 is 1.17 bits per heavy atom. The predicted octanol–water partition coefficient (Wildman–Crippen LogP) is 2.95. The number of benzene rings is 1. The van der Waals surface area contributed by atoms with E-state index in [0.29, 0.717) is 5.15 Å². The van der Waals surface area contributed by atoms with Crippen LogP contribution in [0.25, 0.3) is 0 Å². The van der Waals surface area contributed by atoms with Crippen molar-refractivity contribution < 1.29 is 0 Å². The summed E-state index contributed by atoms with van der Waals surface area (Å²) in [6, 6.07) is 10.3. The molecule has 0 saturated carbocycles. The van der Waals surface area contributed by atoms with Crippen molar-refractivity contribution in [3.8, 4) is 0 Å². The van der Waals surface area contributed by atoms with Crippen LogP contribution < -0.4 is 0 Å². The molecule has 2 heterocycles. The molecule has 18 heavy (non-hydrogen) atoms. The van der Waals surface area contributed by atoms with Crippen LogP contribution in [0.2, 0.25) is 5.15 Å². The second kappa shape index (κ2) is 4.67. The summed E-state index contributed by atoms with van der Waals surface area (Å²) in [6.45, 7) is 4.61. The average Bonchev–Trinajstić information content (AvgIpc) is 2.69. The molecule has 0 aliphatic carbocycles. The van der Waals surface area contributed by atoms with Gasteiger partial charge in [-0.3, -0.25) is 4.90 Å². The van der Waals surface area contributed by atoms with Crippen molar-refractivity contribution in [2.75, 3.05) is 0 Å². The minimum absolute atomic E-state index is 0.522. The molecule has 4 heteroatoms. The van der Waals surface area contributed by atoms with E-state index in [1.165, 1.54) is 11.1 Å². The van der Waals surface area contributed by atoms with Crippen LogP contribution in [0.3, 0.4) is 0 Å². The average molecular weight is 260 g/mol. The molecule has 1 aromatic heterocycles. The van der Waals surface area contributed by atoms with Gasteiger partial charge in [0, 0.05) is 18.8 Å². The molecule has 0 amide bonds. The molecular formula is C14H14ClN3. The Hall–Kier alpha value is -1.45. The lowest BCUT2D eigenvalue weighted by atomic mass is 10.1. The van der Waals surface area contributed by atoms with Crippen molar-refractivity contribution in [3.05, 3.63) is 58.1 Å². The Balaban J connectivity index is 1.76. The summed E-state index contributed by atoms with van der Waals surface area (Å²) < 4.78 is 0. The second-order valence-corrected chi connectivity index (χ2v) is 5.05. The van der Waals surface area contributed by atoms with Gasteiger partial charge < -0.3 is 0 Å². The molecule has 0 radical (unpaired) electrons. The van der Waals surface area contributed by atoms with Crippen molar-refractivity contribution in [2.45, 2.75) is 26.6 Å². The first kappa shape index (κ1) is 11.6. The first-order chi connectivity index (χ1) is 8.70. The molecule has 1 aromatic carbocycles. The number of hydrogen-bond donors (Lipinski definition) is 0. The maximum absolute atomic E-state index is 5.96. The number of nitrogens with zero attached hydrogens (tertiary/aromatic N) is 3. The van der Waals surface area contributed by atoms with E-state index in [1.54, 1.807) is 6.07 Å². The van der Waals surface area contributed by atoms with Gasteiger partial charge in [-0.05, 0) is 24.1 Å². The van der Waals surface area contributed by atoms with Crippen molar-refractivity contribution in [1.29, 1.82) is 0 Å². The van der Waals surface area contributed by atoms with Crippen molar-refractivity contribution in [3.63, 3.8) is 0 Å². The highest BCUT2D eigenvalue weighted by atomic mass is 35.5. The van der Waals surface area contributed by atoms with E-state index in [1.807, 2.05) is 6.92 Å². The van der Waals surface area contributed by atoms with E-state index in [9.17, 15) is 0 Å². The predicted molar refractivity (Wildman–Crippen MR) is 71.2 cm³/mol. The van der Waals surface area contributed by atoms with E-state index < -0.39 is 0 Å². The maximum atomic E-state index is 5.96. The smallest absolute Gasteiger partial charge is 0.144 e. The molecule has 0 bridgehead atoms. The molecule has 0 unspecified atom stereocenters. The standard InChI is InChI=1S/C14H14ClN3/c1-10-6-13(15)17-14(16-10)9-18-7-11-4-2-3-5-12(11)8-18/h2-6H,7-9H2,1H3. The van der Waals surface area contributed by atoms with E-state index in [-0.39, 0.29) is 0 Å². The van der Waals surface area contributed by atoms with Crippen LogP contribution in [0.1, 0.15) is 22.6 Å². The van der Waals surface area contributed by atoms with Crippen LogP contribution in [0.4, 0.5) is 0 Å². The number of hydrogen-bond acceptors (Lipinski definition) is 3. The van der Waals surface area contributed by atoms with Crippen LogP contribution in [-0.2, 0) is 19.6 Å². The summed E-state index contributed by atoms with van der Waals surface area (Å²) in [7, 11) is 0. The van der Waals surface area contributed by atoms with Gasteiger partial charge in [-0.25, -0.2) is 9.97 Å². The molecule has 3 nitrogen and oxygen atoms in total. The highest BCUT2D eigenvalue weighted by Crippen LogP contribution is 2.23. The quantitative estimate of drug-likeness (QED) is 0.777. The molecule has 0 spiro atoms. The third kappa shape index (κ3) is 2.37. The highest BCUT2D eigenvalue weighted by molar-refractivity contribution is 6.29. The number of rotatable bonds is 2. The fourth-order valence-electron chi connectivity index (χ4n) is 2.37. The summed E-state index contributed by atoms with van der Waals surface area (Å²) in [5.41, 5.74) is 3.72. The monoisotopic (exact) mass is 259 g/mol. The van der Waals surface area contributed by atoms with E-state index >= 15 is 0 Å². The van der Waals surface area contributed by atoms with Crippen molar-refractivity contribution in [1.82, 2.24) is 14.9 Å².